The predicted molar refractivity (Wildman–Crippen MR) is 201 cm³/mol. The fraction of sp³-hybridized carbons (Fsp3) is 0.390. The van der Waals surface area contributed by atoms with Gasteiger partial charge in [0.15, 0.2) is 11.6 Å². The number of amides is 1. The largest absolute Gasteiger partial charge is 0.480 e. The molecule has 0 unspecified atom stereocenters. The number of aliphatic hydroxyl groups is 1. The van der Waals surface area contributed by atoms with Gasteiger partial charge in [-0.2, -0.15) is 18.2 Å². The lowest BCUT2D eigenvalue weighted by Gasteiger charge is -2.47. The van der Waals surface area contributed by atoms with Gasteiger partial charge in [-0.1, -0.05) is 30.3 Å². The van der Waals surface area contributed by atoms with Gasteiger partial charge >= 0.3 is 6.18 Å². The minimum Gasteiger partial charge on any atom is -0.480 e. The van der Waals surface area contributed by atoms with Crippen LogP contribution in [0.1, 0.15) is 59.9 Å². The van der Waals surface area contributed by atoms with Gasteiger partial charge in [-0.15, -0.1) is 0 Å². The number of alkyl halides is 3. The molecule has 12 nitrogen and oxygen atoms in total. The molecule has 2 atom stereocenters. The van der Waals surface area contributed by atoms with Gasteiger partial charge in [0.1, 0.15) is 17.3 Å². The first kappa shape index (κ1) is 37.1. The van der Waals surface area contributed by atoms with Crippen LogP contribution >= 0.6 is 0 Å². The zero-order chi connectivity index (χ0) is 39.5. The second-order valence-corrected chi connectivity index (χ2v) is 15.4. The summed E-state index contributed by atoms with van der Waals surface area (Å²) in [6, 6.07) is 14.2. The molecule has 0 saturated carbocycles. The molecule has 5 aromatic rings. The molecule has 3 saturated heterocycles. The number of methoxy groups -OCH3 is 1. The Morgan fingerprint density at radius 1 is 1.00 bits per heavy atom. The number of anilines is 2. The third-order valence-electron chi connectivity index (χ3n) is 11.3. The average molecular weight is 785 g/mol. The van der Waals surface area contributed by atoms with Crippen molar-refractivity contribution in [2.75, 3.05) is 38.6 Å². The first-order valence-electron chi connectivity index (χ1n) is 19.0. The average Bonchev–Trinajstić information content (AvgIpc) is 3.90. The molecule has 16 heteroatoms. The van der Waals surface area contributed by atoms with Crippen LogP contribution in [0.15, 0.2) is 60.9 Å². The molecule has 3 N–H and O–H groups in total. The third kappa shape index (κ3) is 7.21. The molecule has 1 aliphatic carbocycles. The number of fused-ring (bicyclic) bond motifs is 2. The zero-order valence-electron chi connectivity index (χ0n) is 31.1. The molecular formula is C41H40F4N8O4. The highest BCUT2D eigenvalue weighted by Gasteiger charge is 2.47. The number of ether oxygens (including phenoxy) is 2. The maximum absolute atomic E-state index is 16.5. The number of halogens is 4. The first-order valence-corrected chi connectivity index (χ1v) is 19.0. The zero-order valence-corrected chi connectivity index (χ0v) is 31.1. The van der Waals surface area contributed by atoms with E-state index in [9.17, 15) is 23.1 Å². The second-order valence-electron chi connectivity index (χ2n) is 15.4. The number of aliphatic hydroxyl groups excluding tert-OH is 1. The number of rotatable bonds is 10. The Bertz CT molecular complexity index is 2370. The van der Waals surface area contributed by atoms with Crippen molar-refractivity contribution < 1.29 is 36.9 Å². The van der Waals surface area contributed by atoms with E-state index in [4.69, 9.17) is 14.5 Å². The summed E-state index contributed by atoms with van der Waals surface area (Å²) in [6.07, 6.45) is -0.0653. The maximum Gasteiger partial charge on any atom is 0.438 e. The summed E-state index contributed by atoms with van der Waals surface area (Å²) < 4.78 is 71.1. The molecule has 9 rings (SSSR count). The SMILES string of the molecule is COc1nc(O[C@@H]2CCc3c(-c4cccc(Nc5nccc6cc(CN7CC8(CCC(=O)N8)C7)cnc56)c4F)cccc32)c(C(F)(F)F)nc1CN1CC[C@@H](O)C1. The molecule has 3 aromatic heterocycles. The van der Waals surface area contributed by atoms with Crippen LogP contribution in [0.3, 0.4) is 0 Å². The van der Waals surface area contributed by atoms with Gasteiger partial charge in [0.25, 0.3) is 0 Å². The Kier molecular flexibility index (Phi) is 9.44. The van der Waals surface area contributed by atoms with Crippen molar-refractivity contribution in [3.05, 3.63) is 94.8 Å². The van der Waals surface area contributed by atoms with E-state index in [-0.39, 0.29) is 35.3 Å². The lowest BCUT2D eigenvalue weighted by molar-refractivity contribution is -0.143. The molecule has 296 valence electrons. The number of carbonyl (C=O) groups is 1. The van der Waals surface area contributed by atoms with Gasteiger partial charge in [-0.25, -0.2) is 14.4 Å². The summed E-state index contributed by atoms with van der Waals surface area (Å²) in [7, 11) is 1.31. The number of aromatic nitrogens is 4. The number of hydrogen-bond donors (Lipinski definition) is 3. The van der Waals surface area contributed by atoms with E-state index in [0.29, 0.717) is 73.3 Å². The molecule has 1 amide bonds. The Labute approximate surface area is 325 Å². The number of nitrogens with zero attached hydrogens (tertiary/aromatic N) is 6. The quantitative estimate of drug-likeness (QED) is 0.142. The minimum atomic E-state index is -4.86. The number of nitrogens with one attached hydrogen (secondary N) is 2. The molecule has 1 spiro atoms. The van der Waals surface area contributed by atoms with Gasteiger partial charge < -0.3 is 25.2 Å². The van der Waals surface area contributed by atoms with Gasteiger partial charge in [0.2, 0.25) is 23.4 Å². The Hall–Kier alpha value is -5.45. The Morgan fingerprint density at radius 3 is 2.58 bits per heavy atom. The molecule has 0 radical (unpaired) electrons. The van der Waals surface area contributed by atoms with Crippen LogP contribution in [0.5, 0.6) is 11.8 Å². The minimum absolute atomic E-state index is 0.000947. The van der Waals surface area contributed by atoms with Crippen LogP contribution < -0.4 is 20.1 Å². The molecule has 3 aliphatic heterocycles. The summed E-state index contributed by atoms with van der Waals surface area (Å²) in [4.78, 5) is 33.1. The maximum atomic E-state index is 16.5. The molecule has 6 heterocycles. The number of benzene rings is 2. The van der Waals surface area contributed by atoms with Crippen LogP contribution in [0.4, 0.5) is 29.1 Å². The summed E-state index contributed by atoms with van der Waals surface area (Å²) in [6.45, 7) is 3.15. The monoisotopic (exact) mass is 784 g/mol. The van der Waals surface area contributed by atoms with Crippen LogP contribution in [-0.4, -0.2) is 85.7 Å². The highest BCUT2D eigenvalue weighted by Crippen LogP contribution is 2.44. The summed E-state index contributed by atoms with van der Waals surface area (Å²) in [5, 5.41) is 17.0. The van der Waals surface area contributed by atoms with Gasteiger partial charge in [0.05, 0.1) is 24.4 Å². The number of carbonyl (C=O) groups excluding carboxylic acids is 1. The smallest absolute Gasteiger partial charge is 0.438 e. The van der Waals surface area contributed by atoms with Gasteiger partial charge in [0, 0.05) is 69.0 Å². The van der Waals surface area contributed by atoms with Crippen LogP contribution in [0.2, 0.25) is 0 Å². The second kappa shape index (κ2) is 14.5. The van der Waals surface area contributed by atoms with Crippen LogP contribution in [0.25, 0.3) is 22.0 Å². The predicted octanol–water partition coefficient (Wildman–Crippen LogP) is 6.09. The van der Waals surface area contributed by atoms with E-state index in [1.165, 1.54) is 7.11 Å². The summed E-state index contributed by atoms with van der Waals surface area (Å²) in [5.41, 5.74) is 2.73. The number of likely N-dealkylation sites (tertiary alicyclic amines) is 2. The Morgan fingerprint density at radius 2 is 1.82 bits per heavy atom. The van der Waals surface area contributed by atoms with E-state index in [1.807, 2.05) is 12.1 Å². The number of pyridine rings is 2. The van der Waals surface area contributed by atoms with Crippen molar-refractivity contribution in [1.29, 1.82) is 0 Å². The molecule has 3 fully saturated rings. The fourth-order valence-electron chi connectivity index (χ4n) is 8.70. The van der Waals surface area contributed by atoms with E-state index in [0.717, 1.165) is 36.0 Å². The third-order valence-corrected chi connectivity index (χ3v) is 11.3. The van der Waals surface area contributed by atoms with Crippen molar-refractivity contribution in [3.63, 3.8) is 0 Å². The van der Waals surface area contributed by atoms with E-state index < -0.39 is 35.8 Å². The van der Waals surface area contributed by atoms with Crippen molar-refractivity contribution >= 4 is 28.3 Å². The lowest BCUT2D eigenvalue weighted by atomic mass is 9.88. The normalized spacial score (nSPS) is 20.5. The Balaban J connectivity index is 0.945. The molecule has 57 heavy (non-hydrogen) atoms. The summed E-state index contributed by atoms with van der Waals surface area (Å²) in [5.74, 6) is -0.802. The summed E-state index contributed by atoms with van der Waals surface area (Å²) >= 11 is 0. The van der Waals surface area contributed by atoms with E-state index in [1.54, 1.807) is 53.7 Å². The molecule has 4 aliphatic rings. The van der Waals surface area contributed by atoms with Crippen molar-refractivity contribution in [1.82, 2.24) is 35.1 Å². The van der Waals surface area contributed by atoms with E-state index >= 15 is 4.39 Å². The van der Waals surface area contributed by atoms with Crippen molar-refractivity contribution in [2.45, 2.75) is 69.1 Å². The lowest BCUT2D eigenvalue weighted by Crippen LogP contribution is -2.66. The van der Waals surface area contributed by atoms with Gasteiger partial charge in [-0.3, -0.25) is 19.6 Å². The highest BCUT2D eigenvalue weighted by molar-refractivity contribution is 5.90. The van der Waals surface area contributed by atoms with Crippen LogP contribution in [-0.2, 0) is 30.5 Å². The number of β-amino-alcohol motifs (C(OH)–C–C–N with tert-alkyl or cyclic N) is 1. The van der Waals surface area contributed by atoms with Crippen molar-refractivity contribution in [3.8, 4) is 22.9 Å². The molecule has 2 aromatic carbocycles. The van der Waals surface area contributed by atoms with Crippen LogP contribution in [0, 0.1) is 5.82 Å². The molecular weight excluding hydrogens is 744 g/mol. The highest BCUT2D eigenvalue weighted by atomic mass is 19.4. The topological polar surface area (TPSA) is 138 Å². The molecule has 0 bridgehead atoms. The first-order chi connectivity index (χ1) is 27.4. The van der Waals surface area contributed by atoms with Gasteiger partial charge in [-0.05, 0) is 66.1 Å². The number of hydrogen-bond acceptors (Lipinski definition) is 11. The fourth-order valence-corrected chi connectivity index (χ4v) is 8.70. The standard InChI is InChI=1S/C41H40F4N8O4/c1-56-38-31(20-52-15-12-25(54)19-52)48-36(41(43,44)45)39(50-38)57-32-9-8-27-26(4-2-5-28(27)32)29-6-3-7-30(34(29)42)49-37-35-24(11-14-46-37)16-23(17-47-35)18-53-21-40(22-53)13-10-33(55)51-40/h2-7,11,14,16-17,25,32,54H,8-10,12-13,15,18-22H2,1H3,(H,46,49)(H,51,55)/t25-,32-/m1/s1. The van der Waals surface area contributed by atoms with E-state index in [2.05, 4.69) is 30.5 Å². The van der Waals surface area contributed by atoms with Crippen molar-refractivity contribution in [2.24, 2.45) is 0 Å².